The third kappa shape index (κ3) is 6.90. The number of nitrogens with zero attached hydrogens (tertiary/aromatic N) is 3. The molecule has 0 aliphatic carbocycles. The average Bonchev–Trinajstić information content (AvgIpc) is 3.98. The second-order valence-corrected chi connectivity index (χ2v) is 21.5. The highest BCUT2D eigenvalue weighted by atomic mass is 28.3. The molecule has 4 nitrogen and oxygen atoms in total. The van der Waals surface area contributed by atoms with Gasteiger partial charge in [-0.05, 0) is 85.5 Å². The van der Waals surface area contributed by atoms with Crippen molar-refractivity contribution in [1.82, 2.24) is 14.5 Å². The zero-order chi connectivity index (χ0) is 45.7. The van der Waals surface area contributed by atoms with Crippen LogP contribution in [0.25, 0.3) is 94.5 Å². The maximum Gasteiger partial charge on any atom is 0.235 e. The van der Waals surface area contributed by atoms with Crippen molar-refractivity contribution in [3.8, 4) is 50.7 Å². The van der Waals surface area contributed by atoms with Crippen molar-refractivity contribution < 1.29 is 4.42 Å². The zero-order valence-electron chi connectivity index (χ0n) is 37.6. The van der Waals surface area contributed by atoms with Gasteiger partial charge in [0.25, 0.3) is 0 Å². The van der Waals surface area contributed by atoms with E-state index >= 15 is 0 Å². The van der Waals surface area contributed by atoms with Gasteiger partial charge in [-0.2, -0.15) is 0 Å². The largest absolute Gasteiger partial charge is 0.456 e. The third-order valence-electron chi connectivity index (χ3n) is 13.8. The van der Waals surface area contributed by atoms with E-state index < -0.39 is 8.07 Å². The minimum absolute atomic E-state index is 0.611. The van der Waals surface area contributed by atoms with E-state index in [4.69, 9.17) is 14.4 Å². The summed E-state index contributed by atoms with van der Waals surface area (Å²) in [5, 5.41) is 9.60. The zero-order valence-corrected chi connectivity index (χ0v) is 38.6. The van der Waals surface area contributed by atoms with Crippen molar-refractivity contribution in [2.45, 2.75) is 0 Å². The van der Waals surface area contributed by atoms with Crippen LogP contribution in [0.2, 0.25) is 0 Å². The lowest BCUT2D eigenvalue weighted by Crippen LogP contribution is -2.74. The molecule has 0 unspecified atom stereocenters. The maximum absolute atomic E-state index is 6.30. The molecule has 3 aromatic heterocycles. The quantitative estimate of drug-likeness (QED) is 0.107. The average molecular weight is 898 g/mol. The van der Waals surface area contributed by atoms with Gasteiger partial charge in [0.2, 0.25) is 5.95 Å². The van der Waals surface area contributed by atoms with Crippen molar-refractivity contribution >= 4 is 72.6 Å². The molecule has 10 aromatic carbocycles. The summed E-state index contributed by atoms with van der Waals surface area (Å²) in [6.45, 7) is 0. The molecule has 0 amide bonds. The fraction of sp³-hybridized carbons (Fsp3) is 0. The monoisotopic (exact) mass is 897 g/mol. The van der Waals surface area contributed by atoms with Gasteiger partial charge in [-0.25, -0.2) is 9.97 Å². The normalized spacial score (nSPS) is 11.8. The lowest BCUT2D eigenvalue weighted by molar-refractivity contribution is 0.669. The smallest absolute Gasteiger partial charge is 0.235 e. The minimum atomic E-state index is -3.12. The number of benzene rings is 10. The highest BCUT2D eigenvalue weighted by Gasteiger charge is 2.42. The Morgan fingerprint density at radius 2 is 0.710 bits per heavy atom. The fourth-order valence-electron chi connectivity index (χ4n) is 10.6. The van der Waals surface area contributed by atoms with E-state index in [2.05, 4.69) is 253 Å². The van der Waals surface area contributed by atoms with Gasteiger partial charge in [0.1, 0.15) is 11.2 Å². The van der Waals surface area contributed by atoms with Gasteiger partial charge in [0.15, 0.2) is 8.07 Å². The number of hydrogen-bond acceptors (Lipinski definition) is 3. The van der Waals surface area contributed by atoms with Crippen LogP contribution in [0.1, 0.15) is 0 Å². The number of rotatable bonds is 9. The van der Waals surface area contributed by atoms with Gasteiger partial charge in [-0.15, -0.1) is 0 Å². The van der Waals surface area contributed by atoms with Crippen LogP contribution in [-0.4, -0.2) is 22.6 Å². The third-order valence-corrected chi connectivity index (χ3v) is 18.5. The first kappa shape index (κ1) is 40.4. The summed E-state index contributed by atoms with van der Waals surface area (Å²) in [5.74, 6) is 0.611. The lowest BCUT2D eigenvalue weighted by Gasteiger charge is -2.35. The predicted molar refractivity (Wildman–Crippen MR) is 289 cm³/mol. The van der Waals surface area contributed by atoms with Gasteiger partial charge in [-0.3, -0.25) is 4.57 Å². The summed E-state index contributed by atoms with van der Waals surface area (Å²) in [5.41, 5.74) is 12.2. The molecule has 69 heavy (non-hydrogen) atoms. The Balaban J connectivity index is 1.08. The number of fused-ring (bicyclic) bond motifs is 6. The molecule has 3 heterocycles. The number of para-hydroxylation sites is 3. The minimum Gasteiger partial charge on any atom is -0.456 e. The van der Waals surface area contributed by atoms with Gasteiger partial charge in [0, 0.05) is 32.7 Å². The summed E-state index contributed by atoms with van der Waals surface area (Å²) < 4.78 is 8.52. The molecule has 324 valence electrons. The number of aromatic nitrogens is 3. The Labute approximate surface area is 401 Å². The highest BCUT2D eigenvalue weighted by Crippen LogP contribution is 2.36. The second kappa shape index (κ2) is 16.8. The summed E-state index contributed by atoms with van der Waals surface area (Å²) in [6.07, 6.45) is 0. The molecule has 0 saturated carbocycles. The standard InChI is InChI=1S/C64H43N3OSi/c1-4-19-44(20-5-1)46-23-16-28-51(39-46)69(50-26-8-3-9-27-50,52-29-17-24-47(40-52)45-21-6-2-7-22-45)53-30-18-25-48(41-53)58-43-59(49-37-38-63-57(42-49)56-33-12-15-36-62(56)68-63)66-64(65-58)67-60-34-13-10-31-54(60)55-32-11-14-35-61(55)67/h1-43H. The molecule has 0 atom stereocenters. The first-order valence-electron chi connectivity index (χ1n) is 23.5. The van der Waals surface area contributed by atoms with Crippen LogP contribution in [0.5, 0.6) is 0 Å². The molecule has 0 bridgehead atoms. The molecule has 0 aliphatic heterocycles. The van der Waals surface area contributed by atoms with Crippen LogP contribution in [-0.2, 0) is 0 Å². The van der Waals surface area contributed by atoms with Crippen molar-refractivity contribution in [2.75, 3.05) is 0 Å². The van der Waals surface area contributed by atoms with Crippen LogP contribution in [0, 0.1) is 0 Å². The van der Waals surface area contributed by atoms with E-state index in [0.717, 1.165) is 66.3 Å². The van der Waals surface area contributed by atoms with Crippen LogP contribution in [0.3, 0.4) is 0 Å². The molecule has 0 N–H and O–H groups in total. The Hall–Kier alpha value is -8.90. The van der Waals surface area contributed by atoms with Gasteiger partial charge in [-0.1, -0.05) is 218 Å². The van der Waals surface area contributed by atoms with E-state index in [1.165, 1.54) is 43.0 Å². The SMILES string of the molecule is c1ccc(-c2cccc([Si](c3ccccc3)(c3cccc(-c4ccccc4)c3)c3cccc(-c4cc(-c5ccc6oc7ccccc7c6c5)nc(-n5c6ccccc6c6ccccc65)n4)c3)c2)cc1. The van der Waals surface area contributed by atoms with Crippen LogP contribution in [0.15, 0.2) is 265 Å². The summed E-state index contributed by atoms with van der Waals surface area (Å²) in [4.78, 5) is 11.0. The van der Waals surface area contributed by atoms with Crippen molar-refractivity contribution in [3.05, 3.63) is 261 Å². The van der Waals surface area contributed by atoms with Gasteiger partial charge in [0.05, 0.1) is 22.4 Å². The topological polar surface area (TPSA) is 43.9 Å². The summed E-state index contributed by atoms with van der Waals surface area (Å²) in [6, 6.07) is 94.3. The fourth-order valence-corrected chi connectivity index (χ4v) is 15.4. The summed E-state index contributed by atoms with van der Waals surface area (Å²) in [7, 11) is -3.12. The predicted octanol–water partition coefficient (Wildman–Crippen LogP) is 13.5. The van der Waals surface area contributed by atoms with E-state index in [0.29, 0.717) is 5.95 Å². The van der Waals surface area contributed by atoms with E-state index in [1.54, 1.807) is 0 Å². The second-order valence-electron chi connectivity index (χ2n) is 17.7. The molecule has 0 radical (unpaired) electrons. The van der Waals surface area contributed by atoms with Gasteiger partial charge < -0.3 is 4.42 Å². The van der Waals surface area contributed by atoms with Crippen LogP contribution < -0.4 is 20.7 Å². The van der Waals surface area contributed by atoms with Crippen LogP contribution >= 0.6 is 0 Å². The first-order valence-corrected chi connectivity index (χ1v) is 25.5. The first-order chi connectivity index (χ1) is 34.2. The van der Waals surface area contributed by atoms with Gasteiger partial charge >= 0.3 is 0 Å². The molecule has 5 heteroatoms. The van der Waals surface area contributed by atoms with Crippen LogP contribution in [0.4, 0.5) is 0 Å². The lowest BCUT2D eigenvalue weighted by atomic mass is 10.0. The molecule has 0 saturated heterocycles. The molecular weight excluding hydrogens is 855 g/mol. The molecule has 13 rings (SSSR count). The molecule has 13 aromatic rings. The molecular formula is C64H43N3OSi. The Morgan fingerprint density at radius 3 is 1.29 bits per heavy atom. The van der Waals surface area contributed by atoms with E-state index in [-0.39, 0.29) is 0 Å². The maximum atomic E-state index is 6.30. The van der Waals surface area contributed by atoms with E-state index in [9.17, 15) is 0 Å². The molecule has 0 spiro atoms. The Bertz CT molecular complexity index is 3890. The van der Waals surface area contributed by atoms with Crippen molar-refractivity contribution in [2.24, 2.45) is 0 Å². The highest BCUT2D eigenvalue weighted by molar-refractivity contribution is 7.20. The molecule has 0 fully saturated rings. The Kier molecular flexibility index (Phi) is 9.81. The number of furan rings is 1. The van der Waals surface area contributed by atoms with Crippen molar-refractivity contribution in [1.29, 1.82) is 0 Å². The van der Waals surface area contributed by atoms with E-state index in [1.807, 2.05) is 12.1 Å². The Morgan fingerprint density at radius 1 is 0.290 bits per heavy atom. The number of hydrogen-bond donors (Lipinski definition) is 0. The van der Waals surface area contributed by atoms with Crippen molar-refractivity contribution in [3.63, 3.8) is 0 Å². The molecule has 0 aliphatic rings. The summed E-state index contributed by atoms with van der Waals surface area (Å²) >= 11 is 0.